The number of hydrogen-bond acceptors (Lipinski definition) is 4. The number of pyridine rings is 1. The minimum absolute atomic E-state index is 0.725. The van der Waals surface area contributed by atoms with Crippen LogP contribution in [0.1, 0.15) is 22.8 Å². The second-order valence-electron chi connectivity index (χ2n) is 4.87. The smallest absolute Gasteiger partial charge is 0.129 e. The molecule has 2 aromatic heterocycles. The monoisotopic (exact) mass is 259 g/mol. The van der Waals surface area contributed by atoms with Crippen LogP contribution in [-0.2, 0) is 13.1 Å². The summed E-state index contributed by atoms with van der Waals surface area (Å²) in [5.41, 5.74) is 2.28. The Morgan fingerprint density at radius 3 is 2.68 bits per heavy atom. The van der Waals surface area contributed by atoms with Gasteiger partial charge in [-0.25, -0.2) is 4.98 Å². The minimum atomic E-state index is 0.725. The number of rotatable bonds is 5. The van der Waals surface area contributed by atoms with Crippen LogP contribution in [0.3, 0.4) is 0 Å². The second-order valence-corrected chi connectivity index (χ2v) is 4.87. The summed E-state index contributed by atoms with van der Waals surface area (Å²) in [4.78, 5) is 6.68. The molecule has 0 saturated carbocycles. The Morgan fingerprint density at radius 1 is 1.26 bits per heavy atom. The molecular formula is C15H21N3O. The van der Waals surface area contributed by atoms with Gasteiger partial charge in [-0.1, -0.05) is 0 Å². The molecule has 0 fully saturated rings. The van der Waals surface area contributed by atoms with E-state index in [0.29, 0.717) is 0 Å². The molecule has 0 aliphatic carbocycles. The van der Waals surface area contributed by atoms with Crippen LogP contribution < -0.4 is 10.2 Å². The molecule has 0 atom stereocenters. The van der Waals surface area contributed by atoms with Crippen LogP contribution in [0, 0.1) is 13.8 Å². The summed E-state index contributed by atoms with van der Waals surface area (Å²) in [5.74, 6) is 2.87. The lowest BCUT2D eigenvalue weighted by Crippen LogP contribution is -2.18. The van der Waals surface area contributed by atoms with Gasteiger partial charge in [-0.2, -0.15) is 0 Å². The van der Waals surface area contributed by atoms with Crippen LogP contribution in [0.25, 0.3) is 0 Å². The SMILES string of the molecule is CNCc1cc(C)nc(N(C)Cc2ccc(C)o2)c1. The summed E-state index contributed by atoms with van der Waals surface area (Å²) in [6.45, 7) is 5.56. The highest BCUT2D eigenvalue weighted by molar-refractivity contribution is 5.42. The van der Waals surface area contributed by atoms with E-state index in [0.717, 1.165) is 36.1 Å². The molecule has 4 nitrogen and oxygen atoms in total. The lowest BCUT2D eigenvalue weighted by Gasteiger charge is -2.18. The summed E-state index contributed by atoms with van der Waals surface area (Å²) < 4.78 is 5.60. The average Bonchev–Trinajstić information content (AvgIpc) is 2.74. The van der Waals surface area contributed by atoms with Crippen molar-refractivity contribution >= 4 is 5.82 Å². The van der Waals surface area contributed by atoms with Crippen LogP contribution in [0.5, 0.6) is 0 Å². The number of aromatic nitrogens is 1. The molecule has 0 bridgehead atoms. The van der Waals surface area contributed by atoms with Crippen molar-refractivity contribution in [1.82, 2.24) is 10.3 Å². The van der Waals surface area contributed by atoms with E-state index < -0.39 is 0 Å². The van der Waals surface area contributed by atoms with Gasteiger partial charge in [0.05, 0.1) is 6.54 Å². The first-order chi connectivity index (χ1) is 9.08. The van der Waals surface area contributed by atoms with Crippen LogP contribution in [-0.4, -0.2) is 19.1 Å². The largest absolute Gasteiger partial charge is 0.464 e. The van der Waals surface area contributed by atoms with Crippen molar-refractivity contribution in [2.24, 2.45) is 0 Å². The van der Waals surface area contributed by atoms with Crippen molar-refractivity contribution in [2.75, 3.05) is 19.0 Å². The van der Waals surface area contributed by atoms with Crippen molar-refractivity contribution in [2.45, 2.75) is 26.9 Å². The van der Waals surface area contributed by atoms with Crippen molar-refractivity contribution < 1.29 is 4.42 Å². The van der Waals surface area contributed by atoms with Crippen LogP contribution in [0.4, 0.5) is 5.82 Å². The molecular weight excluding hydrogens is 238 g/mol. The molecule has 0 aliphatic heterocycles. The number of aryl methyl sites for hydroxylation is 2. The Kier molecular flexibility index (Phi) is 4.22. The van der Waals surface area contributed by atoms with E-state index in [2.05, 4.69) is 27.3 Å². The van der Waals surface area contributed by atoms with Crippen LogP contribution in [0.2, 0.25) is 0 Å². The molecule has 2 heterocycles. The number of anilines is 1. The van der Waals surface area contributed by atoms with E-state index in [1.165, 1.54) is 5.56 Å². The molecule has 4 heteroatoms. The fraction of sp³-hybridized carbons (Fsp3) is 0.400. The highest BCUT2D eigenvalue weighted by Gasteiger charge is 2.08. The third-order valence-electron chi connectivity index (χ3n) is 2.96. The third kappa shape index (κ3) is 3.58. The zero-order chi connectivity index (χ0) is 13.8. The van der Waals surface area contributed by atoms with Gasteiger partial charge in [0.25, 0.3) is 0 Å². The van der Waals surface area contributed by atoms with E-state index in [1.807, 2.05) is 40.1 Å². The molecule has 102 valence electrons. The Hall–Kier alpha value is -1.81. The molecule has 0 aromatic carbocycles. The molecule has 0 spiro atoms. The molecule has 1 N–H and O–H groups in total. The molecule has 0 amide bonds. The Bertz CT molecular complexity index is 548. The third-order valence-corrected chi connectivity index (χ3v) is 2.96. The van der Waals surface area contributed by atoms with Gasteiger partial charge in [0.2, 0.25) is 0 Å². The van der Waals surface area contributed by atoms with Gasteiger partial charge in [0.1, 0.15) is 17.3 Å². The van der Waals surface area contributed by atoms with Gasteiger partial charge >= 0.3 is 0 Å². The minimum Gasteiger partial charge on any atom is -0.464 e. The highest BCUT2D eigenvalue weighted by atomic mass is 16.3. The number of nitrogens with zero attached hydrogens (tertiary/aromatic N) is 2. The maximum Gasteiger partial charge on any atom is 0.129 e. The van der Waals surface area contributed by atoms with E-state index in [4.69, 9.17) is 4.42 Å². The van der Waals surface area contributed by atoms with Crippen molar-refractivity contribution in [3.63, 3.8) is 0 Å². The summed E-state index contributed by atoms with van der Waals surface area (Å²) in [6, 6.07) is 8.21. The van der Waals surface area contributed by atoms with Crippen LogP contribution in [0.15, 0.2) is 28.7 Å². The van der Waals surface area contributed by atoms with Crippen LogP contribution >= 0.6 is 0 Å². The zero-order valence-corrected chi connectivity index (χ0v) is 12.0. The zero-order valence-electron chi connectivity index (χ0n) is 12.0. The van der Waals surface area contributed by atoms with Crippen molar-refractivity contribution in [3.8, 4) is 0 Å². The molecule has 0 radical (unpaired) electrons. The van der Waals surface area contributed by atoms with E-state index >= 15 is 0 Å². The first kappa shape index (κ1) is 13.6. The predicted octanol–water partition coefficient (Wildman–Crippen LogP) is 2.65. The fourth-order valence-corrected chi connectivity index (χ4v) is 2.11. The summed E-state index contributed by atoms with van der Waals surface area (Å²) in [6.07, 6.45) is 0. The topological polar surface area (TPSA) is 41.3 Å². The van der Waals surface area contributed by atoms with Gasteiger partial charge in [-0.05, 0) is 50.7 Å². The average molecular weight is 259 g/mol. The molecule has 2 rings (SSSR count). The highest BCUT2D eigenvalue weighted by Crippen LogP contribution is 2.17. The number of furan rings is 1. The maximum absolute atomic E-state index is 5.60. The quantitative estimate of drug-likeness (QED) is 0.896. The normalized spacial score (nSPS) is 10.7. The van der Waals surface area contributed by atoms with E-state index in [-0.39, 0.29) is 0 Å². The fourth-order valence-electron chi connectivity index (χ4n) is 2.11. The Balaban J connectivity index is 2.15. The molecule has 0 aliphatic rings. The first-order valence-electron chi connectivity index (χ1n) is 6.47. The molecule has 19 heavy (non-hydrogen) atoms. The van der Waals surface area contributed by atoms with E-state index in [1.54, 1.807) is 0 Å². The van der Waals surface area contributed by atoms with E-state index in [9.17, 15) is 0 Å². The molecule has 2 aromatic rings. The Morgan fingerprint density at radius 2 is 2.05 bits per heavy atom. The summed E-state index contributed by atoms with van der Waals surface area (Å²) >= 11 is 0. The Labute approximate surface area is 114 Å². The summed E-state index contributed by atoms with van der Waals surface area (Å²) in [5, 5.41) is 3.17. The van der Waals surface area contributed by atoms with Gasteiger partial charge in [-0.15, -0.1) is 0 Å². The van der Waals surface area contributed by atoms with Gasteiger partial charge in [0, 0.05) is 19.3 Å². The van der Waals surface area contributed by atoms with Crippen molar-refractivity contribution in [3.05, 3.63) is 47.0 Å². The van der Waals surface area contributed by atoms with Gasteiger partial charge in [0.15, 0.2) is 0 Å². The lowest BCUT2D eigenvalue weighted by atomic mass is 10.2. The standard InChI is InChI=1S/C15H21N3O/c1-11-7-13(9-16-3)8-15(17-11)18(4)10-14-6-5-12(2)19-14/h5-8,16H,9-10H2,1-4H3. The number of hydrogen-bond donors (Lipinski definition) is 1. The van der Waals surface area contributed by atoms with Crippen molar-refractivity contribution in [1.29, 1.82) is 0 Å². The molecule has 0 saturated heterocycles. The van der Waals surface area contributed by atoms with Gasteiger partial charge < -0.3 is 14.6 Å². The lowest BCUT2D eigenvalue weighted by molar-refractivity contribution is 0.481. The second kappa shape index (κ2) is 5.89. The van der Waals surface area contributed by atoms with Gasteiger partial charge in [-0.3, -0.25) is 0 Å². The molecule has 0 unspecified atom stereocenters. The first-order valence-corrected chi connectivity index (χ1v) is 6.47. The predicted molar refractivity (Wildman–Crippen MR) is 77.3 cm³/mol. The number of nitrogens with one attached hydrogen (secondary N) is 1. The summed E-state index contributed by atoms with van der Waals surface area (Å²) in [7, 11) is 3.98. The maximum atomic E-state index is 5.60.